The Morgan fingerprint density at radius 1 is 1.20 bits per heavy atom. The van der Waals surface area contributed by atoms with Gasteiger partial charge in [-0.3, -0.25) is 13.6 Å². The Balaban J connectivity index is 4.37. The normalized spacial score (nSPS) is 13.1. The van der Waals surface area contributed by atoms with Gasteiger partial charge in [0, 0.05) is 0 Å². The molecule has 1 unspecified atom stereocenters. The first-order valence-corrected chi connectivity index (χ1v) is 6.15. The van der Waals surface area contributed by atoms with E-state index in [9.17, 15) is 4.57 Å². The lowest BCUT2D eigenvalue weighted by Gasteiger charge is -2.18. The fraction of sp³-hybridized carbons (Fsp3) is 0.333. The third kappa shape index (κ3) is 6.71. The van der Waals surface area contributed by atoms with Crippen LogP contribution in [0.3, 0.4) is 0 Å². The van der Waals surface area contributed by atoms with Crippen molar-refractivity contribution >= 4 is 20.5 Å². The molecule has 0 heterocycles. The zero-order valence-electron chi connectivity index (χ0n) is 8.37. The predicted octanol–water partition coefficient (Wildman–Crippen LogP) is 2.96. The lowest BCUT2D eigenvalue weighted by Crippen LogP contribution is -2.05. The molecule has 4 nitrogen and oxygen atoms in total. The molecule has 0 spiro atoms. The molecular formula is C9H15O4PS. The van der Waals surface area contributed by atoms with E-state index in [0.717, 1.165) is 0 Å². The Bertz CT molecular complexity index is 251. The summed E-state index contributed by atoms with van der Waals surface area (Å²) in [7, 11) is -3.62. The number of thiol groups is 1. The summed E-state index contributed by atoms with van der Waals surface area (Å²) >= 11 is 3.94. The first-order chi connectivity index (χ1) is 7.08. The van der Waals surface area contributed by atoms with Crippen molar-refractivity contribution in [3.63, 3.8) is 0 Å². The Kier molecular flexibility index (Phi) is 7.74. The third-order valence-corrected chi connectivity index (χ3v) is 3.04. The molecule has 0 N–H and O–H groups in total. The van der Waals surface area contributed by atoms with Gasteiger partial charge >= 0.3 is 7.82 Å². The van der Waals surface area contributed by atoms with Crippen molar-refractivity contribution < 1.29 is 18.1 Å². The van der Waals surface area contributed by atoms with Crippen molar-refractivity contribution in [2.75, 3.05) is 13.2 Å². The van der Waals surface area contributed by atoms with Crippen molar-refractivity contribution in [2.45, 2.75) is 5.44 Å². The fourth-order valence-electron chi connectivity index (χ4n) is 0.561. The van der Waals surface area contributed by atoms with E-state index in [1.165, 1.54) is 18.2 Å². The zero-order chi connectivity index (χ0) is 11.7. The van der Waals surface area contributed by atoms with Gasteiger partial charge < -0.3 is 0 Å². The van der Waals surface area contributed by atoms with Crippen LogP contribution in [-0.2, 0) is 18.1 Å². The minimum absolute atomic E-state index is 0.0616. The highest BCUT2D eigenvalue weighted by Crippen LogP contribution is 2.51. The highest BCUT2D eigenvalue weighted by Gasteiger charge is 2.27. The van der Waals surface area contributed by atoms with Crippen molar-refractivity contribution in [3.8, 4) is 0 Å². The van der Waals surface area contributed by atoms with E-state index in [0.29, 0.717) is 0 Å². The topological polar surface area (TPSA) is 44.8 Å². The summed E-state index contributed by atoms with van der Waals surface area (Å²) < 4.78 is 26.6. The Morgan fingerprint density at radius 2 is 1.67 bits per heavy atom. The molecule has 6 heteroatoms. The van der Waals surface area contributed by atoms with Crippen LogP contribution in [0.4, 0.5) is 0 Å². The van der Waals surface area contributed by atoms with Crippen LogP contribution in [-0.4, -0.2) is 18.6 Å². The number of hydrogen-bond acceptors (Lipinski definition) is 5. The van der Waals surface area contributed by atoms with Crippen molar-refractivity contribution in [1.29, 1.82) is 0 Å². The minimum atomic E-state index is -3.62. The van der Waals surface area contributed by atoms with Gasteiger partial charge in [0.1, 0.15) is 5.44 Å². The molecule has 0 aromatic rings. The third-order valence-electron chi connectivity index (χ3n) is 1.14. The Labute approximate surface area is 95.6 Å². The molecule has 0 fully saturated rings. The van der Waals surface area contributed by atoms with Crippen LogP contribution in [0.2, 0.25) is 0 Å². The van der Waals surface area contributed by atoms with Crippen molar-refractivity contribution in [1.82, 2.24) is 0 Å². The molecule has 0 radical (unpaired) electrons. The van der Waals surface area contributed by atoms with Gasteiger partial charge in [-0.1, -0.05) is 24.8 Å². The lowest BCUT2D eigenvalue weighted by molar-refractivity contribution is 0.134. The maximum Gasteiger partial charge on any atom is 0.476 e. The molecule has 0 saturated carbocycles. The summed E-state index contributed by atoms with van der Waals surface area (Å²) in [6.45, 7) is 10.4. The van der Waals surface area contributed by atoms with Gasteiger partial charge in [-0.15, -0.1) is 25.8 Å². The molecular weight excluding hydrogens is 235 g/mol. The lowest BCUT2D eigenvalue weighted by atomic mass is 10.7. The fourth-order valence-corrected chi connectivity index (χ4v) is 2.03. The maximum atomic E-state index is 11.8. The average Bonchev–Trinajstić information content (AvgIpc) is 2.23. The number of phosphoric ester groups is 1. The van der Waals surface area contributed by atoms with Crippen LogP contribution in [0.1, 0.15) is 0 Å². The predicted molar refractivity (Wildman–Crippen MR) is 64.0 cm³/mol. The molecule has 0 aromatic heterocycles. The molecule has 15 heavy (non-hydrogen) atoms. The molecule has 0 bridgehead atoms. The smallest absolute Gasteiger partial charge is 0.283 e. The van der Waals surface area contributed by atoms with E-state index in [1.54, 1.807) is 0 Å². The van der Waals surface area contributed by atoms with E-state index in [1.807, 2.05) is 0 Å². The average molecular weight is 250 g/mol. The SMILES string of the molecule is C=CCOP(=O)(OCC=C)OC(S)C=C. The standard InChI is InChI=1S/C9H15O4PS/c1-4-7-11-14(10,12-8-5-2)13-9(15)6-3/h4-6,9,15H,1-3,7-8H2. The highest BCUT2D eigenvalue weighted by atomic mass is 32.1. The highest BCUT2D eigenvalue weighted by molar-refractivity contribution is 7.81. The number of phosphoric acid groups is 1. The van der Waals surface area contributed by atoms with Gasteiger partial charge in [0.2, 0.25) is 0 Å². The second-order valence-corrected chi connectivity index (χ2v) is 4.48. The molecule has 0 amide bonds. The van der Waals surface area contributed by atoms with E-state index in [2.05, 4.69) is 32.4 Å². The molecule has 0 saturated heterocycles. The van der Waals surface area contributed by atoms with E-state index in [-0.39, 0.29) is 13.2 Å². The van der Waals surface area contributed by atoms with Crippen LogP contribution >= 0.6 is 20.5 Å². The molecule has 0 aromatic carbocycles. The number of hydrogen-bond donors (Lipinski definition) is 1. The monoisotopic (exact) mass is 250 g/mol. The molecule has 1 atom stereocenters. The van der Waals surface area contributed by atoms with Crippen LogP contribution in [0.5, 0.6) is 0 Å². The summed E-state index contributed by atoms with van der Waals surface area (Å²) in [6.07, 6.45) is 4.24. The van der Waals surface area contributed by atoms with Crippen LogP contribution in [0.25, 0.3) is 0 Å². The van der Waals surface area contributed by atoms with Crippen molar-refractivity contribution in [3.05, 3.63) is 38.0 Å². The number of rotatable bonds is 9. The van der Waals surface area contributed by atoms with Gasteiger partial charge in [-0.05, 0) is 0 Å². The van der Waals surface area contributed by atoms with Crippen LogP contribution in [0.15, 0.2) is 38.0 Å². The van der Waals surface area contributed by atoms with Gasteiger partial charge in [0.15, 0.2) is 0 Å². The summed E-state index contributed by atoms with van der Waals surface area (Å²) in [5, 5.41) is 0. The van der Waals surface area contributed by atoms with Gasteiger partial charge in [0.25, 0.3) is 0 Å². The van der Waals surface area contributed by atoms with E-state index in [4.69, 9.17) is 13.6 Å². The summed E-state index contributed by atoms with van der Waals surface area (Å²) in [4.78, 5) is 0. The summed E-state index contributed by atoms with van der Waals surface area (Å²) in [6, 6.07) is 0. The summed E-state index contributed by atoms with van der Waals surface area (Å²) in [5.74, 6) is 0. The molecule has 0 rings (SSSR count). The molecule has 0 aliphatic carbocycles. The van der Waals surface area contributed by atoms with Crippen LogP contribution in [0, 0.1) is 0 Å². The van der Waals surface area contributed by atoms with E-state index < -0.39 is 13.3 Å². The summed E-state index contributed by atoms with van der Waals surface area (Å²) in [5.41, 5.74) is -0.717. The largest absolute Gasteiger partial charge is 0.476 e. The first-order valence-electron chi connectivity index (χ1n) is 4.18. The van der Waals surface area contributed by atoms with Crippen molar-refractivity contribution in [2.24, 2.45) is 0 Å². The van der Waals surface area contributed by atoms with Crippen LogP contribution < -0.4 is 0 Å². The van der Waals surface area contributed by atoms with Gasteiger partial charge in [0.05, 0.1) is 13.2 Å². The second-order valence-electron chi connectivity index (χ2n) is 2.35. The zero-order valence-corrected chi connectivity index (χ0v) is 10.2. The Morgan fingerprint density at radius 3 is 2.00 bits per heavy atom. The first kappa shape index (κ1) is 14.7. The molecule has 0 aliphatic heterocycles. The second kappa shape index (κ2) is 7.91. The van der Waals surface area contributed by atoms with Gasteiger partial charge in [-0.2, -0.15) is 0 Å². The minimum Gasteiger partial charge on any atom is -0.283 e. The van der Waals surface area contributed by atoms with E-state index >= 15 is 0 Å². The molecule has 86 valence electrons. The molecule has 0 aliphatic rings. The maximum absolute atomic E-state index is 11.8. The Hall–Kier alpha value is -0.320. The quantitative estimate of drug-likeness (QED) is 0.296. The van der Waals surface area contributed by atoms with Gasteiger partial charge in [-0.25, -0.2) is 4.57 Å².